The highest BCUT2D eigenvalue weighted by molar-refractivity contribution is 5.74. The molecule has 2 heterocycles. The number of hydrogen-bond acceptors (Lipinski definition) is 5. The van der Waals surface area contributed by atoms with Gasteiger partial charge in [-0.05, 0) is 19.2 Å². The van der Waals surface area contributed by atoms with Gasteiger partial charge >= 0.3 is 0 Å². The van der Waals surface area contributed by atoms with Crippen molar-refractivity contribution in [2.75, 3.05) is 39.1 Å². The van der Waals surface area contributed by atoms with Crippen molar-refractivity contribution in [2.24, 2.45) is 0 Å². The zero-order chi connectivity index (χ0) is 13.0. The lowest BCUT2D eigenvalue weighted by Crippen LogP contribution is -2.27. The molecule has 0 fully saturated rings. The minimum atomic E-state index is 0.146. The van der Waals surface area contributed by atoms with E-state index < -0.39 is 0 Å². The van der Waals surface area contributed by atoms with Gasteiger partial charge in [0, 0.05) is 19.3 Å². The number of anilines is 1. The van der Waals surface area contributed by atoms with Gasteiger partial charge < -0.3 is 20.5 Å². The molecule has 3 N–H and O–H groups in total. The molecule has 2 aromatic rings. The molecule has 6 nitrogen and oxygen atoms in total. The van der Waals surface area contributed by atoms with Crippen LogP contribution in [0, 0.1) is 0 Å². The summed E-state index contributed by atoms with van der Waals surface area (Å²) in [5.74, 6) is 0.457. The monoisotopic (exact) mass is 250 g/mol. The highest BCUT2D eigenvalue weighted by Crippen LogP contribution is 2.24. The van der Waals surface area contributed by atoms with Crippen LogP contribution in [-0.4, -0.2) is 53.0 Å². The normalized spacial score (nSPS) is 11.3. The maximum absolute atomic E-state index is 8.77. The molecule has 0 unspecified atom stereocenters. The molecular formula is C12H18N4O2. The van der Waals surface area contributed by atoms with Crippen LogP contribution < -0.4 is 10.5 Å². The summed E-state index contributed by atoms with van der Waals surface area (Å²) in [6.45, 7) is 1.98. The van der Waals surface area contributed by atoms with Gasteiger partial charge in [0.1, 0.15) is 12.3 Å². The fourth-order valence-electron chi connectivity index (χ4n) is 1.68. The number of rotatable bonds is 6. The van der Waals surface area contributed by atoms with Crippen LogP contribution in [0.1, 0.15) is 0 Å². The van der Waals surface area contributed by atoms with Crippen molar-refractivity contribution < 1.29 is 9.84 Å². The Balaban J connectivity index is 1.97. The lowest BCUT2D eigenvalue weighted by molar-refractivity contribution is 0.190. The third kappa shape index (κ3) is 2.72. The van der Waals surface area contributed by atoms with Gasteiger partial charge in [0.15, 0.2) is 0 Å². The maximum Gasteiger partial charge on any atom is 0.257 e. The highest BCUT2D eigenvalue weighted by Gasteiger charge is 2.10. The third-order valence-electron chi connectivity index (χ3n) is 2.74. The summed E-state index contributed by atoms with van der Waals surface area (Å²) in [6, 6.07) is 5.69. The number of nitrogens with two attached hydrogens (primary N) is 1. The van der Waals surface area contributed by atoms with Crippen molar-refractivity contribution in [3.63, 3.8) is 0 Å². The summed E-state index contributed by atoms with van der Waals surface area (Å²) in [7, 11) is 1.92. The van der Waals surface area contributed by atoms with Gasteiger partial charge in [-0.15, -0.1) is 5.10 Å². The van der Waals surface area contributed by atoms with Crippen LogP contribution in [0.2, 0.25) is 0 Å². The molecule has 2 aromatic heterocycles. The maximum atomic E-state index is 8.77. The van der Waals surface area contributed by atoms with Crippen LogP contribution >= 0.6 is 0 Å². The molecule has 6 heteroatoms. The third-order valence-corrected chi connectivity index (χ3v) is 2.74. The van der Waals surface area contributed by atoms with E-state index in [2.05, 4.69) is 5.10 Å². The molecular weight excluding hydrogens is 232 g/mol. The molecule has 0 bridgehead atoms. The fourth-order valence-corrected chi connectivity index (χ4v) is 1.68. The van der Waals surface area contributed by atoms with Crippen LogP contribution in [0.4, 0.5) is 5.69 Å². The Bertz CT molecular complexity index is 512. The van der Waals surface area contributed by atoms with E-state index in [1.807, 2.05) is 36.3 Å². The number of ether oxygens (including phenoxy) is 1. The Labute approximate surface area is 106 Å². The van der Waals surface area contributed by atoms with Gasteiger partial charge in [-0.2, -0.15) is 0 Å². The van der Waals surface area contributed by atoms with Gasteiger partial charge in [0.25, 0.3) is 5.88 Å². The van der Waals surface area contributed by atoms with E-state index in [1.54, 1.807) is 4.52 Å². The van der Waals surface area contributed by atoms with Gasteiger partial charge in [0.2, 0.25) is 0 Å². The standard InChI is InChI=1S/C12H18N4O2/c1-15(6-8-17)7-9-18-12-11(13)10-4-2-3-5-16(10)14-12/h2-5,17H,6-9,13H2,1H3. The number of hydrogen-bond donors (Lipinski definition) is 2. The molecule has 0 radical (unpaired) electrons. The molecule has 0 aliphatic rings. The Morgan fingerprint density at radius 1 is 1.44 bits per heavy atom. The molecule has 98 valence electrons. The number of aliphatic hydroxyl groups excluding tert-OH is 1. The number of pyridine rings is 1. The number of likely N-dealkylation sites (N-methyl/N-ethyl adjacent to an activating group) is 1. The van der Waals surface area contributed by atoms with Crippen molar-refractivity contribution in [2.45, 2.75) is 0 Å². The van der Waals surface area contributed by atoms with Crippen LogP contribution in [0.25, 0.3) is 5.52 Å². The number of fused-ring (bicyclic) bond motifs is 1. The van der Waals surface area contributed by atoms with Crippen molar-refractivity contribution in [3.8, 4) is 5.88 Å². The fraction of sp³-hybridized carbons (Fsp3) is 0.417. The molecule has 0 aliphatic carbocycles. The van der Waals surface area contributed by atoms with Crippen molar-refractivity contribution in [3.05, 3.63) is 24.4 Å². The van der Waals surface area contributed by atoms with E-state index >= 15 is 0 Å². The predicted molar refractivity (Wildman–Crippen MR) is 69.7 cm³/mol. The molecule has 0 atom stereocenters. The average Bonchev–Trinajstić information content (AvgIpc) is 2.68. The quantitative estimate of drug-likeness (QED) is 0.767. The first-order valence-corrected chi connectivity index (χ1v) is 5.87. The summed E-state index contributed by atoms with van der Waals surface area (Å²) in [6.07, 6.45) is 1.83. The SMILES string of the molecule is CN(CCO)CCOc1nn2ccccc2c1N. The predicted octanol–water partition coefficient (Wildman–Crippen LogP) is 0.219. The van der Waals surface area contributed by atoms with Crippen LogP contribution in [0.15, 0.2) is 24.4 Å². The Kier molecular flexibility index (Phi) is 4.01. The molecule has 0 saturated heterocycles. The summed E-state index contributed by atoms with van der Waals surface area (Å²) < 4.78 is 7.26. The Morgan fingerprint density at radius 3 is 3.00 bits per heavy atom. The minimum Gasteiger partial charge on any atom is -0.474 e. The molecule has 0 spiro atoms. The van der Waals surface area contributed by atoms with E-state index in [0.29, 0.717) is 31.3 Å². The first-order chi connectivity index (χ1) is 8.72. The van der Waals surface area contributed by atoms with Crippen molar-refractivity contribution in [1.82, 2.24) is 14.5 Å². The number of aromatic nitrogens is 2. The van der Waals surface area contributed by atoms with Gasteiger partial charge in [-0.3, -0.25) is 0 Å². The van der Waals surface area contributed by atoms with E-state index in [-0.39, 0.29) is 6.61 Å². The Morgan fingerprint density at radius 2 is 2.28 bits per heavy atom. The second-order valence-corrected chi connectivity index (χ2v) is 4.12. The molecule has 2 rings (SSSR count). The minimum absolute atomic E-state index is 0.146. The van der Waals surface area contributed by atoms with Crippen molar-refractivity contribution in [1.29, 1.82) is 0 Å². The van der Waals surface area contributed by atoms with E-state index in [9.17, 15) is 0 Å². The molecule has 0 aromatic carbocycles. The van der Waals surface area contributed by atoms with E-state index in [1.165, 1.54) is 0 Å². The van der Waals surface area contributed by atoms with Crippen molar-refractivity contribution >= 4 is 11.2 Å². The number of nitrogens with zero attached hydrogens (tertiary/aromatic N) is 3. The van der Waals surface area contributed by atoms with Gasteiger partial charge in [-0.1, -0.05) is 6.07 Å². The summed E-state index contributed by atoms with van der Waals surface area (Å²) in [5, 5.41) is 13.0. The number of aliphatic hydroxyl groups is 1. The summed E-state index contributed by atoms with van der Waals surface area (Å²) in [5.41, 5.74) is 7.35. The second-order valence-electron chi connectivity index (χ2n) is 4.12. The first-order valence-electron chi connectivity index (χ1n) is 5.87. The van der Waals surface area contributed by atoms with E-state index in [0.717, 1.165) is 5.52 Å². The largest absolute Gasteiger partial charge is 0.474 e. The summed E-state index contributed by atoms with van der Waals surface area (Å²) >= 11 is 0. The summed E-state index contributed by atoms with van der Waals surface area (Å²) in [4.78, 5) is 1.98. The molecule has 0 aliphatic heterocycles. The number of nitrogen functional groups attached to an aromatic ring is 1. The van der Waals surface area contributed by atoms with Crippen LogP contribution in [0.3, 0.4) is 0 Å². The highest BCUT2D eigenvalue weighted by atomic mass is 16.5. The topological polar surface area (TPSA) is 76.0 Å². The van der Waals surface area contributed by atoms with Gasteiger partial charge in [-0.25, -0.2) is 4.52 Å². The average molecular weight is 250 g/mol. The zero-order valence-corrected chi connectivity index (χ0v) is 10.4. The molecule has 18 heavy (non-hydrogen) atoms. The molecule has 0 amide bonds. The van der Waals surface area contributed by atoms with Crippen LogP contribution in [0.5, 0.6) is 5.88 Å². The second kappa shape index (κ2) is 5.70. The lowest BCUT2D eigenvalue weighted by atomic mass is 10.4. The molecule has 0 saturated carbocycles. The van der Waals surface area contributed by atoms with Crippen LogP contribution in [-0.2, 0) is 0 Å². The zero-order valence-electron chi connectivity index (χ0n) is 10.4. The Hall–Kier alpha value is -1.79. The smallest absolute Gasteiger partial charge is 0.257 e. The van der Waals surface area contributed by atoms with Gasteiger partial charge in [0.05, 0.1) is 12.1 Å². The first kappa shape index (κ1) is 12.7. The van der Waals surface area contributed by atoms with E-state index in [4.69, 9.17) is 15.6 Å². The lowest BCUT2D eigenvalue weighted by Gasteiger charge is -2.14.